The van der Waals surface area contributed by atoms with E-state index in [4.69, 9.17) is 4.74 Å². The molecule has 4 nitrogen and oxygen atoms in total. The number of nitrogens with one attached hydrogen (secondary N) is 2. The van der Waals surface area contributed by atoms with Gasteiger partial charge in [0.25, 0.3) is 0 Å². The molecule has 5 heteroatoms. The number of carbonyl (C=O) groups is 1. The summed E-state index contributed by atoms with van der Waals surface area (Å²) in [7, 11) is -1.46. The molecule has 0 aromatic rings. The van der Waals surface area contributed by atoms with Crippen molar-refractivity contribution < 1.29 is 9.53 Å². The molecule has 0 saturated heterocycles. The molecule has 1 amide bonds. The van der Waals surface area contributed by atoms with Gasteiger partial charge < -0.3 is 4.74 Å². The Kier molecular flexibility index (Phi) is 3.93. The van der Waals surface area contributed by atoms with Crippen LogP contribution in [0.3, 0.4) is 0 Å². The minimum Gasteiger partial charge on any atom is -0.443 e. The third-order valence-electron chi connectivity index (χ3n) is 0.938. The predicted octanol–water partition coefficient (Wildman–Crippen LogP) is 1.85. The summed E-state index contributed by atoms with van der Waals surface area (Å²) in [5.74, 6) is 0. The van der Waals surface area contributed by atoms with Crippen molar-refractivity contribution in [3.63, 3.8) is 0 Å². The van der Waals surface area contributed by atoms with Crippen LogP contribution in [-0.4, -0.2) is 19.9 Å². The van der Waals surface area contributed by atoms with E-state index in [9.17, 15) is 4.79 Å². The van der Waals surface area contributed by atoms with Crippen molar-refractivity contribution in [2.24, 2.45) is 0 Å². The molecule has 0 aromatic heterocycles. The van der Waals surface area contributed by atoms with Crippen molar-refractivity contribution >= 4 is 14.3 Å². The summed E-state index contributed by atoms with van der Waals surface area (Å²) in [6, 6.07) is 0. The highest BCUT2D eigenvalue weighted by Crippen LogP contribution is 2.06. The van der Waals surface area contributed by atoms with Gasteiger partial charge in [0.1, 0.15) is 13.8 Å². The number of hydrogen-bond donors (Lipinski definition) is 2. The summed E-state index contributed by atoms with van der Waals surface area (Å²) in [6.07, 6.45) is -0.421. The maximum Gasteiger partial charge on any atom is 0.421 e. The Bertz CT molecular complexity index is 182. The van der Waals surface area contributed by atoms with Gasteiger partial charge in [-0.3, -0.25) is 10.5 Å². The first kappa shape index (κ1) is 12.4. The van der Waals surface area contributed by atoms with Crippen molar-refractivity contribution in [1.82, 2.24) is 10.5 Å². The summed E-state index contributed by atoms with van der Waals surface area (Å²) in [6.45, 7) is 11.8. The lowest BCUT2D eigenvalue weighted by Gasteiger charge is -2.23. The van der Waals surface area contributed by atoms with Crippen LogP contribution in [0.5, 0.6) is 0 Å². The quantitative estimate of drug-likeness (QED) is 0.533. The third kappa shape index (κ3) is 9.36. The zero-order valence-electron chi connectivity index (χ0n) is 9.32. The first-order valence-electron chi connectivity index (χ1n) is 4.36. The van der Waals surface area contributed by atoms with E-state index < -0.39 is 19.9 Å². The predicted molar refractivity (Wildman–Crippen MR) is 55.9 cm³/mol. The van der Waals surface area contributed by atoms with Gasteiger partial charge in [0.05, 0.1) is 0 Å². The minimum absolute atomic E-state index is 0.421. The molecule has 0 spiro atoms. The van der Waals surface area contributed by atoms with E-state index in [1.807, 2.05) is 20.8 Å². The molecule has 0 radical (unpaired) electrons. The number of rotatable bonds is 2. The third-order valence-corrected chi connectivity index (χ3v) is 1.81. The average Bonchev–Trinajstić information content (AvgIpc) is 1.78. The fourth-order valence-corrected chi connectivity index (χ4v) is 1.02. The fourth-order valence-electron chi connectivity index (χ4n) is 0.542. The molecule has 78 valence electrons. The standard InChI is InChI=1S/C8H20N2O2Si/c1-8(2,3)12-7(11)9-10-13(4,5)6/h10H,1-6H3,(H,9,11). The molecule has 0 bridgehead atoms. The van der Waals surface area contributed by atoms with Crippen LogP contribution in [0, 0.1) is 0 Å². The van der Waals surface area contributed by atoms with Crippen LogP contribution in [0.4, 0.5) is 4.79 Å². The Labute approximate surface area is 81.1 Å². The van der Waals surface area contributed by atoms with Crippen molar-refractivity contribution in [3.8, 4) is 0 Å². The first-order valence-corrected chi connectivity index (χ1v) is 7.86. The van der Waals surface area contributed by atoms with E-state index in [-0.39, 0.29) is 0 Å². The zero-order valence-corrected chi connectivity index (χ0v) is 10.3. The summed E-state index contributed by atoms with van der Waals surface area (Å²) < 4.78 is 5.04. The van der Waals surface area contributed by atoms with Gasteiger partial charge in [0, 0.05) is 0 Å². The van der Waals surface area contributed by atoms with Crippen LogP contribution in [0.2, 0.25) is 19.6 Å². The van der Waals surface area contributed by atoms with Crippen molar-refractivity contribution in [1.29, 1.82) is 0 Å². The van der Waals surface area contributed by atoms with Crippen molar-refractivity contribution in [2.75, 3.05) is 0 Å². The maximum atomic E-state index is 11.1. The Morgan fingerprint density at radius 3 is 2.00 bits per heavy atom. The molecule has 0 unspecified atom stereocenters. The number of hydrazine groups is 1. The number of hydrogen-bond acceptors (Lipinski definition) is 3. The molecule has 0 heterocycles. The molecule has 0 atom stereocenters. The molecule has 2 N–H and O–H groups in total. The number of ether oxygens (including phenoxy) is 1. The highest BCUT2D eigenvalue weighted by molar-refractivity contribution is 6.73. The van der Waals surface area contributed by atoms with Gasteiger partial charge in [0.15, 0.2) is 0 Å². The summed E-state index contributed by atoms with van der Waals surface area (Å²) in [5, 5.41) is 2.96. The smallest absolute Gasteiger partial charge is 0.421 e. The molecule has 0 aromatic carbocycles. The number of amides is 1. The van der Waals surface area contributed by atoms with E-state index >= 15 is 0 Å². The lowest BCUT2D eigenvalue weighted by atomic mass is 10.2. The van der Waals surface area contributed by atoms with Gasteiger partial charge >= 0.3 is 6.09 Å². The van der Waals surface area contributed by atoms with Gasteiger partial charge in [-0.2, -0.15) is 0 Å². The normalized spacial score (nSPS) is 12.5. The van der Waals surface area contributed by atoms with Gasteiger partial charge in [-0.15, -0.1) is 0 Å². The molecular formula is C8H20N2O2Si. The van der Waals surface area contributed by atoms with Crippen molar-refractivity contribution in [2.45, 2.75) is 46.0 Å². The zero-order chi connectivity index (χ0) is 10.7. The molecule has 0 fully saturated rings. The summed E-state index contributed by atoms with van der Waals surface area (Å²) >= 11 is 0. The second-order valence-corrected chi connectivity index (χ2v) is 9.75. The lowest BCUT2D eigenvalue weighted by Crippen LogP contribution is -2.53. The van der Waals surface area contributed by atoms with Gasteiger partial charge in [-0.1, -0.05) is 19.6 Å². The summed E-state index contributed by atoms with van der Waals surface area (Å²) in [5.41, 5.74) is 2.09. The van der Waals surface area contributed by atoms with Crippen LogP contribution in [0.25, 0.3) is 0 Å². The number of carbonyl (C=O) groups excluding carboxylic acids is 1. The van der Waals surface area contributed by atoms with Crippen LogP contribution in [0.15, 0.2) is 0 Å². The molecule has 0 aliphatic rings. The highest BCUT2D eigenvalue weighted by atomic mass is 28.3. The van der Waals surface area contributed by atoms with Crippen LogP contribution < -0.4 is 10.5 Å². The van der Waals surface area contributed by atoms with E-state index in [2.05, 4.69) is 30.2 Å². The Morgan fingerprint density at radius 2 is 1.69 bits per heavy atom. The topological polar surface area (TPSA) is 50.4 Å². The molecule has 13 heavy (non-hydrogen) atoms. The fraction of sp³-hybridized carbons (Fsp3) is 0.875. The van der Waals surface area contributed by atoms with Gasteiger partial charge in [0.2, 0.25) is 0 Å². The summed E-state index contributed by atoms with van der Waals surface area (Å²) in [4.78, 5) is 11.1. The monoisotopic (exact) mass is 204 g/mol. The van der Waals surface area contributed by atoms with E-state index in [0.29, 0.717) is 0 Å². The largest absolute Gasteiger partial charge is 0.443 e. The second kappa shape index (κ2) is 4.10. The minimum atomic E-state index is -1.46. The maximum absolute atomic E-state index is 11.1. The van der Waals surface area contributed by atoms with Crippen LogP contribution in [0.1, 0.15) is 20.8 Å². The van der Waals surface area contributed by atoms with Gasteiger partial charge in [-0.25, -0.2) is 4.79 Å². The lowest BCUT2D eigenvalue weighted by molar-refractivity contribution is 0.0513. The highest BCUT2D eigenvalue weighted by Gasteiger charge is 2.18. The van der Waals surface area contributed by atoms with Gasteiger partial charge in [-0.05, 0) is 20.8 Å². The molecular weight excluding hydrogens is 184 g/mol. The van der Waals surface area contributed by atoms with Crippen LogP contribution in [-0.2, 0) is 4.74 Å². The molecule has 0 aliphatic heterocycles. The SMILES string of the molecule is CC(C)(C)OC(=O)NN[Si](C)(C)C. The average molecular weight is 204 g/mol. The Balaban J connectivity index is 3.78. The van der Waals surface area contributed by atoms with E-state index in [1.54, 1.807) is 0 Å². The van der Waals surface area contributed by atoms with Crippen LogP contribution >= 0.6 is 0 Å². The Hall–Kier alpha value is -0.553. The Morgan fingerprint density at radius 1 is 1.23 bits per heavy atom. The molecule has 0 saturated carbocycles. The van der Waals surface area contributed by atoms with Crippen molar-refractivity contribution in [3.05, 3.63) is 0 Å². The van der Waals surface area contributed by atoms with E-state index in [0.717, 1.165) is 0 Å². The first-order chi connectivity index (χ1) is 5.60. The van der Waals surface area contributed by atoms with E-state index in [1.165, 1.54) is 0 Å². The molecule has 0 aliphatic carbocycles. The molecule has 0 rings (SSSR count). The second-order valence-electron chi connectivity index (χ2n) is 5.00.